The standard InChI is InChI=1S/C14H23N3O3/c1-4-7-15-13-6-5-12(8-14(13)17(19)20)9-16(3)11(2)10-18/h5-6,8,11,15,18H,4,7,9-10H2,1-3H3. The molecule has 0 saturated heterocycles. The fraction of sp³-hybridized carbons (Fsp3) is 0.571. The molecule has 0 aliphatic carbocycles. The van der Waals surface area contributed by atoms with Crippen molar-refractivity contribution < 1.29 is 10.0 Å². The van der Waals surface area contributed by atoms with Crippen molar-refractivity contribution >= 4 is 11.4 Å². The second kappa shape index (κ2) is 7.81. The molecule has 6 nitrogen and oxygen atoms in total. The Morgan fingerprint density at radius 3 is 2.75 bits per heavy atom. The molecule has 1 rings (SSSR count). The molecule has 20 heavy (non-hydrogen) atoms. The van der Waals surface area contributed by atoms with E-state index in [9.17, 15) is 10.1 Å². The molecular weight excluding hydrogens is 258 g/mol. The van der Waals surface area contributed by atoms with Gasteiger partial charge < -0.3 is 10.4 Å². The van der Waals surface area contributed by atoms with Crippen molar-refractivity contribution in [2.45, 2.75) is 32.9 Å². The maximum absolute atomic E-state index is 11.1. The number of hydrogen-bond donors (Lipinski definition) is 2. The van der Waals surface area contributed by atoms with E-state index >= 15 is 0 Å². The Kier molecular flexibility index (Phi) is 6.41. The van der Waals surface area contributed by atoms with E-state index in [0.29, 0.717) is 18.8 Å². The van der Waals surface area contributed by atoms with Crippen LogP contribution in [0.4, 0.5) is 11.4 Å². The molecule has 0 bridgehead atoms. The number of nitrogens with zero attached hydrogens (tertiary/aromatic N) is 2. The molecule has 0 aliphatic heterocycles. The molecule has 2 N–H and O–H groups in total. The van der Waals surface area contributed by atoms with Gasteiger partial charge in [-0.25, -0.2) is 0 Å². The van der Waals surface area contributed by atoms with Crippen molar-refractivity contribution in [3.8, 4) is 0 Å². The molecule has 1 unspecified atom stereocenters. The quantitative estimate of drug-likeness (QED) is 0.564. The topological polar surface area (TPSA) is 78.6 Å². The van der Waals surface area contributed by atoms with Crippen molar-refractivity contribution in [3.05, 3.63) is 33.9 Å². The van der Waals surface area contributed by atoms with Crippen molar-refractivity contribution in [2.24, 2.45) is 0 Å². The van der Waals surface area contributed by atoms with Crippen LogP contribution in [-0.4, -0.2) is 41.2 Å². The van der Waals surface area contributed by atoms with Crippen LogP contribution in [0.3, 0.4) is 0 Å². The van der Waals surface area contributed by atoms with Crippen LogP contribution in [0.25, 0.3) is 0 Å². The smallest absolute Gasteiger partial charge is 0.292 e. The van der Waals surface area contributed by atoms with Crippen LogP contribution in [0.15, 0.2) is 18.2 Å². The largest absolute Gasteiger partial charge is 0.395 e. The second-order valence-corrected chi connectivity index (χ2v) is 4.98. The zero-order chi connectivity index (χ0) is 15.1. The monoisotopic (exact) mass is 281 g/mol. The molecular formula is C14H23N3O3. The summed E-state index contributed by atoms with van der Waals surface area (Å²) >= 11 is 0. The van der Waals surface area contributed by atoms with Crippen LogP contribution in [0, 0.1) is 10.1 Å². The molecule has 112 valence electrons. The minimum absolute atomic E-state index is 0.0203. The van der Waals surface area contributed by atoms with Gasteiger partial charge in [0, 0.05) is 25.2 Å². The van der Waals surface area contributed by atoms with Gasteiger partial charge >= 0.3 is 0 Å². The number of nitrogens with one attached hydrogen (secondary N) is 1. The molecule has 1 atom stereocenters. The van der Waals surface area contributed by atoms with Crippen molar-refractivity contribution in [3.63, 3.8) is 0 Å². The minimum atomic E-state index is -0.364. The van der Waals surface area contributed by atoms with E-state index in [-0.39, 0.29) is 23.3 Å². The van der Waals surface area contributed by atoms with E-state index in [1.807, 2.05) is 31.9 Å². The number of hydrogen-bond acceptors (Lipinski definition) is 5. The zero-order valence-corrected chi connectivity index (χ0v) is 12.3. The Morgan fingerprint density at radius 2 is 2.20 bits per heavy atom. The first-order valence-corrected chi connectivity index (χ1v) is 6.81. The first-order chi connectivity index (χ1) is 9.49. The van der Waals surface area contributed by atoms with Crippen molar-refractivity contribution in [1.29, 1.82) is 0 Å². The molecule has 6 heteroatoms. The third-order valence-corrected chi connectivity index (χ3v) is 3.27. The second-order valence-electron chi connectivity index (χ2n) is 4.98. The van der Waals surface area contributed by atoms with Crippen LogP contribution in [-0.2, 0) is 6.54 Å². The number of nitro benzene ring substituents is 1. The molecule has 0 heterocycles. The van der Waals surface area contributed by atoms with Gasteiger partial charge in [-0.2, -0.15) is 0 Å². The summed E-state index contributed by atoms with van der Waals surface area (Å²) in [5, 5.41) is 23.3. The van der Waals surface area contributed by atoms with Gasteiger partial charge in [0.15, 0.2) is 0 Å². The van der Waals surface area contributed by atoms with Gasteiger partial charge in [-0.15, -0.1) is 0 Å². The normalized spacial score (nSPS) is 12.4. The van der Waals surface area contributed by atoms with Gasteiger partial charge in [-0.05, 0) is 32.0 Å². The SMILES string of the molecule is CCCNc1ccc(CN(C)C(C)CO)cc1[N+](=O)[O-]. The lowest BCUT2D eigenvalue weighted by molar-refractivity contribution is -0.384. The summed E-state index contributed by atoms with van der Waals surface area (Å²) in [5.74, 6) is 0. The third-order valence-electron chi connectivity index (χ3n) is 3.27. The van der Waals surface area contributed by atoms with Gasteiger partial charge in [-0.3, -0.25) is 15.0 Å². The summed E-state index contributed by atoms with van der Waals surface area (Å²) in [7, 11) is 1.88. The fourth-order valence-corrected chi connectivity index (χ4v) is 1.82. The Bertz CT molecular complexity index is 451. The van der Waals surface area contributed by atoms with Crippen LogP contribution in [0.5, 0.6) is 0 Å². The highest BCUT2D eigenvalue weighted by Crippen LogP contribution is 2.26. The number of aliphatic hydroxyl groups excluding tert-OH is 1. The first-order valence-electron chi connectivity index (χ1n) is 6.81. The lowest BCUT2D eigenvalue weighted by Crippen LogP contribution is -2.31. The summed E-state index contributed by atoms with van der Waals surface area (Å²) in [4.78, 5) is 12.7. The number of nitro groups is 1. The predicted molar refractivity (Wildman–Crippen MR) is 79.9 cm³/mol. The number of benzene rings is 1. The summed E-state index contributed by atoms with van der Waals surface area (Å²) in [6, 6.07) is 5.25. The molecule has 0 spiro atoms. The number of aliphatic hydroxyl groups is 1. The van der Waals surface area contributed by atoms with Crippen molar-refractivity contribution in [1.82, 2.24) is 4.90 Å². The van der Waals surface area contributed by atoms with E-state index in [1.165, 1.54) is 0 Å². The maximum atomic E-state index is 11.1. The van der Waals surface area contributed by atoms with E-state index in [2.05, 4.69) is 5.32 Å². The van der Waals surface area contributed by atoms with E-state index < -0.39 is 0 Å². The third kappa shape index (κ3) is 4.47. The molecule has 0 aromatic heterocycles. The van der Waals surface area contributed by atoms with E-state index in [1.54, 1.807) is 12.1 Å². The predicted octanol–water partition coefficient (Wildman–Crippen LogP) is 2.23. The number of likely N-dealkylation sites (N-methyl/N-ethyl adjacent to an activating group) is 1. The zero-order valence-electron chi connectivity index (χ0n) is 12.3. The van der Waals surface area contributed by atoms with Gasteiger partial charge in [0.2, 0.25) is 0 Å². The Hall–Kier alpha value is -1.66. The van der Waals surface area contributed by atoms with Gasteiger partial charge in [0.05, 0.1) is 11.5 Å². The van der Waals surface area contributed by atoms with Crippen LogP contribution in [0.2, 0.25) is 0 Å². The highest BCUT2D eigenvalue weighted by Gasteiger charge is 2.16. The molecule has 1 aromatic rings. The maximum Gasteiger partial charge on any atom is 0.292 e. The summed E-state index contributed by atoms with van der Waals surface area (Å²) in [6.07, 6.45) is 0.912. The van der Waals surface area contributed by atoms with Crippen molar-refractivity contribution in [2.75, 3.05) is 25.5 Å². The lowest BCUT2D eigenvalue weighted by atomic mass is 10.1. The number of anilines is 1. The van der Waals surface area contributed by atoms with Gasteiger partial charge in [0.25, 0.3) is 5.69 Å². The Morgan fingerprint density at radius 1 is 1.50 bits per heavy atom. The van der Waals surface area contributed by atoms with Crippen LogP contribution >= 0.6 is 0 Å². The highest BCUT2D eigenvalue weighted by molar-refractivity contribution is 5.62. The van der Waals surface area contributed by atoms with Gasteiger partial charge in [0.1, 0.15) is 5.69 Å². The molecule has 0 aliphatic rings. The van der Waals surface area contributed by atoms with Gasteiger partial charge in [-0.1, -0.05) is 13.0 Å². The molecule has 1 aromatic carbocycles. The highest BCUT2D eigenvalue weighted by atomic mass is 16.6. The molecule has 0 radical (unpaired) electrons. The Labute approximate surface area is 119 Å². The minimum Gasteiger partial charge on any atom is -0.395 e. The summed E-state index contributed by atoms with van der Waals surface area (Å²) in [5.41, 5.74) is 1.51. The summed E-state index contributed by atoms with van der Waals surface area (Å²) < 4.78 is 0. The van der Waals surface area contributed by atoms with E-state index in [4.69, 9.17) is 5.11 Å². The average molecular weight is 281 g/mol. The summed E-state index contributed by atoms with van der Waals surface area (Å²) in [6.45, 7) is 5.26. The molecule has 0 fully saturated rings. The molecule has 0 amide bonds. The fourth-order valence-electron chi connectivity index (χ4n) is 1.82. The van der Waals surface area contributed by atoms with Crippen LogP contribution < -0.4 is 5.32 Å². The van der Waals surface area contributed by atoms with E-state index in [0.717, 1.165) is 12.0 Å². The van der Waals surface area contributed by atoms with Crippen LogP contribution in [0.1, 0.15) is 25.8 Å². The lowest BCUT2D eigenvalue weighted by Gasteiger charge is -2.22. The average Bonchev–Trinajstić information content (AvgIpc) is 2.44. The molecule has 0 saturated carbocycles. The first kappa shape index (κ1) is 16.4. The number of rotatable bonds is 8. The Balaban J connectivity index is 2.89.